The zero-order valence-electron chi connectivity index (χ0n) is 16.6. The number of benzene rings is 2. The van der Waals surface area contributed by atoms with E-state index in [1.165, 1.54) is 11.8 Å². The molecule has 1 amide bonds. The van der Waals surface area contributed by atoms with Crippen LogP contribution in [0, 0.1) is 6.92 Å². The highest BCUT2D eigenvalue weighted by Gasteiger charge is 2.19. The summed E-state index contributed by atoms with van der Waals surface area (Å²) in [6.45, 7) is 6.55. The summed E-state index contributed by atoms with van der Waals surface area (Å²) in [5.74, 6) is 1.60. The second kappa shape index (κ2) is 9.80. The fraction of sp³-hybridized carbons (Fsp3) is 0.286. The summed E-state index contributed by atoms with van der Waals surface area (Å²) in [7, 11) is 0. The summed E-state index contributed by atoms with van der Waals surface area (Å²) in [5, 5.41) is 12.8. The van der Waals surface area contributed by atoms with Gasteiger partial charge in [-0.25, -0.2) is 0 Å². The molecule has 0 aliphatic heterocycles. The molecule has 1 atom stereocenters. The second-order valence-electron chi connectivity index (χ2n) is 6.46. The Bertz CT molecular complexity index is 978. The molecule has 6 nitrogen and oxygen atoms in total. The fourth-order valence-corrected chi connectivity index (χ4v) is 3.73. The Labute approximate surface area is 179 Å². The highest BCUT2D eigenvalue weighted by atomic mass is 35.5. The molecule has 0 bridgehead atoms. The molecular weight excluding hydrogens is 408 g/mol. The summed E-state index contributed by atoms with van der Waals surface area (Å²) in [5.41, 5.74) is 1.73. The van der Waals surface area contributed by atoms with Gasteiger partial charge in [-0.1, -0.05) is 41.6 Å². The number of hydrogen-bond acceptors (Lipinski definition) is 5. The van der Waals surface area contributed by atoms with E-state index in [4.69, 9.17) is 16.3 Å². The zero-order chi connectivity index (χ0) is 20.8. The van der Waals surface area contributed by atoms with Crippen molar-refractivity contribution in [1.82, 2.24) is 14.8 Å². The van der Waals surface area contributed by atoms with Crippen LogP contribution < -0.4 is 10.1 Å². The van der Waals surface area contributed by atoms with Crippen LogP contribution >= 0.6 is 23.4 Å². The Morgan fingerprint density at radius 1 is 1.24 bits per heavy atom. The minimum Gasteiger partial charge on any atom is -0.483 e. The van der Waals surface area contributed by atoms with E-state index in [1.807, 2.05) is 73.9 Å². The third-order valence-corrected chi connectivity index (χ3v) is 5.65. The lowest BCUT2D eigenvalue weighted by atomic mass is 10.2. The molecule has 1 unspecified atom stereocenters. The first-order valence-corrected chi connectivity index (χ1v) is 10.7. The van der Waals surface area contributed by atoms with E-state index >= 15 is 0 Å². The monoisotopic (exact) mass is 430 g/mol. The quantitative estimate of drug-likeness (QED) is 0.501. The second-order valence-corrected chi connectivity index (χ2v) is 7.81. The Kier molecular flexibility index (Phi) is 7.17. The zero-order valence-corrected chi connectivity index (χ0v) is 18.1. The Balaban J connectivity index is 1.64. The molecule has 3 aromatic rings. The van der Waals surface area contributed by atoms with Gasteiger partial charge < -0.3 is 14.6 Å². The van der Waals surface area contributed by atoms with E-state index in [1.54, 1.807) is 0 Å². The number of carbonyl (C=O) groups excluding carboxylic acids is 1. The van der Waals surface area contributed by atoms with Gasteiger partial charge in [-0.2, -0.15) is 0 Å². The summed E-state index contributed by atoms with van der Waals surface area (Å²) in [4.78, 5) is 12.2. The summed E-state index contributed by atoms with van der Waals surface area (Å²) in [6, 6.07) is 14.9. The molecule has 0 radical (unpaired) electrons. The van der Waals surface area contributed by atoms with Crippen LogP contribution in [-0.4, -0.2) is 26.4 Å². The van der Waals surface area contributed by atoms with Gasteiger partial charge in [0.1, 0.15) is 5.75 Å². The minimum atomic E-state index is -0.296. The van der Waals surface area contributed by atoms with Crippen LogP contribution in [0.3, 0.4) is 0 Å². The molecule has 1 heterocycles. The molecule has 0 aliphatic carbocycles. The van der Waals surface area contributed by atoms with Crippen molar-refractivity contribution in [2.45, 2.75) is 38.6 Å². The number of amides is 1. The lowest BCUT2D eigenvalue weighted by Gasteiger charge is -2.16. The van der Waals surface area contributed by atoms with Gasteiger partial charge in [0, 0.05) is 17.3 Å². The van der Waals surface area contributed by atoms with E-state index in [2.05, 4.69) is 15.5 Å². The highest BCUT2D eigenvalue weighted by Crippen LogP contribution is 2.27. The number of anilines is 1. The van der Waals surface area contributed by atoms with Crippen molar-refractivity contribution in [2.75, 3.05) is 11.1 Å². The van der Waals surface area contributed by atoms with Crippen LogP contribution in [0.2, 0.25) is 5.02 Å². The lowest BCUT2D eigenvalue weighted by Crippen LogP contribution is -2.15. The topological polar surface area (TPSA) is 69.0 Å². The molecule has 8 heteroatoms. The van der Waals surface area contributed by atoms with Crippen molar-refractivity contribution in [1.29, 1.82) is 0 Å². The van der Waals surface area contributed by atoms with Crippen LogP contribution in [-0.2, 0) is 11.3 Å². The van der Waals surface area contributed by atoms with Gasteiger partial charge in [-0.05, 0) is 56.7 Å². The normalized spacial score (nSPS) is 11.9. The number of aryl methyl sites for hydroxylation is 1. The molecule has 0 aliphatic rings. The standard InChI is InChI=1S/C21H23ClN4O2S/c1-4-26-20(15(3)28-17-10-11-18(22)14(2)12-17)24-25-21(26)29-13-19(27)23-16-8-6-5-7-9-16/h5-12,15H,4,13H2,1-3H3,(H,23,27). The molecule has 0 saturated heterocycles. The van der Waals surface area contributed by atoms with Crippen molar-refractivity contribution in [3.63, 3.8) is 0 Å². The molecule has 0 fully saturated rings. The van der Waals surface area contributed by atoms with E-state index in [0.717, 1.165) is 17.0 Å². The van der Waals surface area contributed by atoms with Gasteiger partial charge in [0.25, 0.3) is 0 Å². The van der Waals surface area contributed by atoms with E-state index in [0.29, 0.717) is 22.5 Å². The number of hydrogen-bond donors (Lipinski definition) is 1. The fourth-order valence-electron chi connectivity index (χ4n) is 2.80. The molecule has 1 N–H and O–H groups in total. The number of rotatable bonds is 8. The van der Waals surface area contributed by atoms with Crippen molar-refractivity contribution in [2.24, 2.45) is 0 Å². The average molecular weight is 431 g/mol. The Morgan fingerprint density at radius 2 is 2.00 bits per heavy atom. The number of nitrogens with zero attached hydrogens (tertiary/aromatic N) is 3. The number of aromatic nitrogens is 3. The molecule has 3 rings (SSSR count). The number of carbonyl (C=O) groups is 1. The van der Waals surface area contributed by atoms with Crippen LogP contribution in [0.4, 0.5) is 5.69 Å². The average Bonchev–Trinajstić information content (AvgIpc) is 3.13. The van der Waals surface area contributed by atoms with Gasteiger partial charge in [-0.15, -0.1) is 10.2 Å². The van der Waals surface area contributed by atoms with Gasteiger partial charge in [0.15, 0.2) is 17.1 Å². The first-order chi connectivity index (χ1) is 14.0. The van der Waals surface area contributed by atoms with Crippen molar-refractivity contribution in [3.05, 3.63) is 64.9 Å². The largest absolute Gasteiger partial charge is 0.483 e. The van der Waals surface area contributed by atoms with Crippen LogP contribution in [0.1, 0.15) is 31.3 Å². The predicted octanol–water partition coefficient (Wildman–Crippen LogP) is 5.13. The maximum absolute atomic E-state index is 12.2. The van der Waals surface area contributed by atoms with Crippen LogP contribution in [0.5, 0.6) is 5.75 Å². The van der Waals surface area contributed by atoms with Crippen molar-refractivity contribution < 1.29 is 9.53 Å². The van der Waals surface area contributed by atoms with Crippen molar-refractivity contribution >= 4 is 35.0 Å². The molecule has 0 saturated carbocycles. The van der Waals surface area contributed by atoms with Gasteiger partial charge >= 0.3 is 0 Å². The Morgan fingerprint density at radius 3 is 2.69 bits per heavy atom. The molecular formula is C21H23ClN4O2S. The van der Waals surface area contributed by atoms with Crippen LogP contribution in [0.25, 0.3) is 0 Å². The maximum atomic E-state index is 12.2. The lowest BCUT2D eigenvalue weighted by molar-refractivity contribution is -0.113. The first kappa shape index (κ1) is 21.2. The maximum Gasteiger partial charge on any atom is 0.234 e. The summed E-state index contributed by atoms with van der Waals surface area (Å²) >= 11 is 7.43. The number of halogens is 1. The summed E-state index contributed by atoms with van der Waals surface area (Å²) in [6.07, 6.45) is -0.296. The highest BCUT2D eigenvalue weighted by molar-refractivity contribution is 7.99. The molecule has 152 valence electrons. The number of ether oxygens (including phenoxy) is 1. The Hall–Kier alpha value is -2.51. The third-order valence-electron chi connectivity index (χ3n) is 4.26. The number of nitrogens with one attached hydrogen (secondary N) is 1. The molecule has 29 heavy (non-hydrogen) atoms. The van der Waals surface area contributed by atoms with Gasteiger partial charge in [0.2, 0.25) is 5.91 Å². The van der Waals surface area contributed by atoms with Gasteiger partial charge in [-0.3, -0.25) is 4.79 Å². The van der Waals surface area contributed by atoms with Crippen molar-refractivity contribution in [3.8, 4) is 5.75 Å². The number of para-hydroxylation sites is 1. The smallest absolute Gasteiger partial charge is 0.234 e. The number of thioether (sulfide) groups is 1. The van der Waals surface area contributed by atoms with E-state index in [9.17, 15) is 4.79 Å². The van der Waals surface area contributed by atoms with E-state index in [-0.39, 0.29) is 17.8 Å². The molecule has 1 aromatic heterocycles. The summed E-state index contributed by atoms with van der Waals surface area (Å²) < 4.78 is 7.99. The van der Waals surface area contributed by atoms with E-state index < -0.39 is 0 Å². The first-order valence-electron chi connectivity index (χ1n) is 9.31. The third kappa shape index (κ3) is 5.52. The molecule has 2 aromatic carbocycles. The van der Waals surface area contributed by atoms with Gasteiger partial charge in [0.05, 0.1) is 5.75 Å². The minimum absolute atomic E-state index is 0.0886. The predicted molar refractivity (Wildman–Crippen MR) is 117 cm³/mol. The molecule has 0 spiro atoms. The SMILES string of the molecule is CCn1c(SCC(=O)Nc2ccccc2)nnc1C(C)Oc1ccc(Cl)c(C)c1. The van der Waals surface area contributed by atoms with Crippen LogP contribution in [0.15, 0.2) is 53.7 Å².